The van der Waals surface area contributed by atoms with Crippen LogP contribution in [0.3, 0.4) is 0 Å². The van der Waals surface area contributed by atoms with Gasteiger partial charge in [0.1, 0.15) is 0 Å². The number of nitrogens with zero attached hydrogens (tertiary/aromatic N) is 7. The van der Waals surface area contributed by atoms with Crippen molar-refractivity contribution < 1.29 is 0 Å². The Balaban J connectivity index is 1.25. The minimum atomic E-state index is 0.455. The minimum Gasteiger partial charge on any atom is -0.278 e. The highest BCUT2D eigenvalue weighted by Crippen LogP contribution is 2.29. The highest BCUT2D eigenvalue weighted by atomic mass is 15.4. The molecule has 7 aromatic carbocycles. The van der Waals surface area contributed by atoms with Crippen molar-refractivity contribution in [2.75, 3.05) is 5.43 Å². The average Bonchev–Trinajstić information content (AvgIpc) is 3.92. The Labute approximate surface area is 344 Å². The molecule has 0 unspecified atom stereocenters. The average molecular weight is 767 g/mol. The lowest BCUT2D eigenvalue weighted by Crippen LogP contribution is -2.19. The van der Waals surface area contributed by atoms with E-state index in [1.54, 1.807) is 0 Å². The first-order valence-corrected chi connectivity index (χ1v) is 19.7. The number of hydrogen-bond acceptors (Lipinski definition) is 6. The molecule has 0 aliphatic heterocycles. The molecule has 59 heavy (non-hydrogen) atoms. The zero-order chi connectivity index (χ0) is 40.3. The molecule has 286 valence electrons. The molecule has 1 N–H and O–H groups in total. The maximum Gasteiger partial charge on any atom is 0.187 e. The molecule has 0 spiro atoms. The van der Waals surface area contributed by atoms with Crippen LogP contribution in [0.4, 0.5) is 5.69 Å². The number of para-hydroxylation sites is 1. The number of anilines is 1. The fourth-order valence-corrected chi connectivity index (χ4v) is 7.13. The highest BCUT2D eigenvalue weighted by molar-refractivity contribution is 6.10. The first-order valence-electron chi connectivity index (χ1n) is 19.7. The molecule has 0 atom stereocenters. The van der Waals surface area contributed by atoms with Crippen LogP contribution in [-0.4, -0.2) is 35.2 Å². The summed E-state index contributed by atoms with van der Waals surface area (Å²) in [6, 6.07) is 60.0. The molecule has 9 aromatic rings. The number of aromatic nitrogens is 6. The van der Waals surface area contributed by atoms with E-state index >= 15 is 0 Å². The number of benzene rings is 7. The molecule has 0 radical (unpaired) electrons. The molecule has 8 heteroatoms. The van der Waals surface area contributed by atoms with Gasteiger partial charge in [0.15, 0.2) is 29.0 Å². The SMILES string of the molecule is Cc1ccc(-c2nc(C(=NNc3ccccc3)c3nc(-c4ccc(C)cc4)nn3-c3ccc(-c4ccccc4C)cc3)n(-c3ccc(-c4ccccc4C)cc3)n2)cc1. The topological polar surface area (TPSA) is 85.8 Å². The Morgan fingerprint density at radius 1 is 0.424 bits per heavy atom. The molecule has 9 rings (SSSR count). The van der Waals surface area contributed by atoms with E-state index in [1.165, 1.54) is 22.3 Å². The minimum absolute atomic E-state index is 0.455. The van der Waals surface area contributed by atoms with Gasteiger partial charge in [-0.05, 0) is 97.5 Å². The van der Waals surface area contributed by atoms with Gasteiger partial charge in [0.25, 0.3) is 0 Å². The van der Waals surface area contributed by atoms with Crippen LogP contribution in [0.15, 0.2) is 181 Å². The van der Waals surface area contributed by atoms with Gasteiger partial charge in [-0.1, -0.05) is 151 Å². The molecule has 0 saturated heterocycles. The number of hydrogen-bond donors (Lipinski definition) is 1. The summed E-state index contributed by atoms with van der Waals surface area (Å²) < 4.78 is 3.71. The smallest absolute Gasteiger partial charge is 0.187 e. The Morgan fingerprint density at radius 3 is 1.24 bits per heavy atom. The molecule has 2 aromatic heterocycles. The summed E-state index contributed by atoms with van der Waals surface area (Å²) in [5.41, 5.74) is 17.3. The van der Waals surface area contributed by atoms with Gasteiger partial charge < -0.3 is 0 Å². The first kappa shape index (κ1) is 36.9. The van der Waals surface area contributed by atoms with Gasteiger partial charge in [-0.25, -0.2) is 19.3 Å². The van der Waals surface area contributed by atoms with Crippen molar-refractivity contribution >= 4 is 11.4 Å². The van der Waals surface area contributed by atoms with Crippen LogP contribution in [0.5, 0.6) is 0 Å². The van der Waals surface area contributed by atoms with Crippen molar-refractivity contribution in [1.82, 2.24) is 29.5 Å². The Hall–Kier alpha value is -7.71. The second kappa shape index (κ2) is 16.0. The van der Waals surface area contributed by atoms with Crippen LogP contribution in [-0.2, 0) is 0 Å². The summed E-state index contributed by atoms with van der Waals surface area (Å²) in [4.78, 5) is 10.5. The predicted molar refractivity (Wildman–Crippen MR) is 239 cm³/mol. The van der Waals surface area contributed by atoms with E-state index in [-0.39, 0.29) is 0 Å². The second-order valence-electron chi connectivity index (χ2n) is 14.7. The van der Waals surface area contributed by atoms with Crippen molar-refractivity contribution in [1.29, 1.82) is 0 Å². The van der Waals surface area contributed by atoms with Crippen LogP contribution in [0.1, 0.15) is 33.9 Å². The molecular formula is C51H42N8. The van der Waals surface area contributed by atoms with E-state index in [0.29, 0.717) is 29.0 Å². The zero-order valence-corrected chi connectivity index (χ0v) is 33.4. The maximum absolute atomic E-state index is 5.26. The molecule has 8 nitrogen and oxygen atoms in total. The first-order chi connectivity index (χ1) is 28.9. The maximum atomic E-state index is 5.26. The van der Waals surface area contributed by atoms with Gasteiger partial charge in [-0.15, -0.1) is 10.2 Å². The third kappa shape index (κ3) is 7.72. The summed E-state index contributed by atoms with van der Waals surface area (Å²) in [5, 5.41) is 15.5. The van der Waals surface area contributed by atoms with E-state index in [2.05, 4.69) is 154 Å². The standard InChI is InChI=1S/C51H42N8/c1-34-18-22-40(23-19-34)48-52-50(58(56-48)43-30-26-38(27-31-43)45-16-10-8-12-36(45)3)47(55-54-42-14-6-5-7-15-42)51-53-49(41-24-20-35(2)21-25-41)57-59(51)44-32-28-39(29-33-44)46-17-11-9-13-37(46)4/h5-33,54H,1-4H3. The van der Waals surface area contributed by atoms with E-state index in [9.17, 15) is 0 Å². The highest BCUT2D eigenvalue weighted by Gasteiger charge is 2.27. The molecule has 0 saturated carbocycles. The molecule has 0 bridgehead atoms. The molecule has 0 aliphatic rings. The van der Waals surface area contributed by atoms with Crippen molar-refractivity contribution in [3.8, 4) is 56.4 Å². The summed E-state index contributed by atoms with van der Waals surface area (Å²) in [6.07, 6.45) is 0. The van der Waals surface area contributed by atoms with Gasteiger partial charge in [0, 0.05) is 11.1 Å². The monoisotopic (exact) mass is 766 g/mol. The lowest BCUT2D eigenvalue weighted by Gasteiger charge is -2.12. The van der Waals surface area contributed by atoms with E-state index in [1.807, 2.05) is 64.0 Å². The largest absolute Gasteiger partial charge is 0.278 e. The lowest BCUT2D eigenvalue weighted by molar-refractivity contribution is 0.850. The molecule has 2 heterocycles. The van der Waals surface area contributed by atoms with E-state index in [4.69, 9.17) is 25.3 Å². The van der Waals surface area contributed by atoms with Gasteiger partial charge in [-0.3, -0.25) is 5.43 Å². The van der Waals surface area contributed by atoms with Crippen LogP contribution in [0.25, 0.3) is 56.4 Å². The second-order valence-corrected chi connectivity index (χ2v) is 14.7. The van der Waals surface area contributed by atoms with Crippen LogP contribution in [0, 0.1) is 27.7 Å². The third-order valence-corrected chi connectivity index (χ3v) is 10.5. The molecule has 0 fully saturated rings. The van der Waals surface area contributed by atoms with Gasteiger partial charge in [0.05, 0.1) is 17.1 Å². The quantitative estimate of drug-likeness (QED) is 0.111. The number of aryl methyl sites for hydroxylation is 4. The normalized spacial score (nSPS) is 11.1. The van der Waals surface area contributed by atoms with Gasteiger partial charge in [0.2, 0.25) is 0 Å². The zero-order valence-electron chi connectivity index (χ0n) is 33.4. The van der Waals surface area contributed by atoms with Crippen molar-refractivity contribution in [3.63, 3.8) is 0 Å². The van der Waals surface area contributed by atoms with Crippen LogP contribution >= 0.6 is 0 Å². The summed E-state index contributed by atoms with van der Waals surface area (Å²) in [6.45, 7) is 8.41. The van der Waals surface area contributed by atoms with Crippen LogP contribution < -0.4 is 5.43 Å². The summed E-state index contributed by atoms with van der Waals surface area (Å²) >= 11 is 0. The van der Waals surface area contributed by atoms with E-state index < -0.39 is 0 Å². The summed E-state index contributed by atoms with van der Waals surface area (Å²) in [7, 11) is 0. The van der Waals surface area contributed by atoms with Crippen molar-refractivity contribution in [3.05, 3.63) is 210 Å². The van der Waals surface area contributed by atoms with Gasteiger partial charge >= 0.3 is 0 Å². The Kier molecular flexibility index (Phi) is 10.0. The van der Waals surface area contributed by atoms with Crippen LogP contribution in [0.2, 0.25) is 0 Å². The Bertz CT molecular complexity index is 2730. The Morgan fingerprint density at radius 2 is 0.814 bits per heavy atom. The number of hydrazone groups is 1. The number of rotatable bonds is 10. The van der Waals surface area contributed by atoms with Crippen molar-refractivity contribution in [2.24, 2.45) is 5.10 Å². The molecule has 0 amide bonds. The molecule has 0 aliphatic carbocycles. The fourth-order valence-electron chi connectivity index (χ4n) is 7.13. The third-order valence-electron chi connectivity index (χ3n) is 10.5. The van der Waals surface area contributed by atoms with E-state index in [0.717, 1.165) is 50.4 Å². The number of nitrogens with one attached hydrogen (secondary N) is 1. The fraction of sp³-hybridized carbons (Fsp3) is 0.0784. The lowest BCUT2D eigenvalue weighted by atomic mass is 10.0. The molecular weight excluding hydrogens is 725 g/mol. The summed E-state index contributed by atoms with van der Waals surface area (Å²) in [5.74, 6) is 2.10. The van der Waals surface area contributed by atoms with Crippen molar-refractivity contribution in [2.45, 2.75) is 27.7 Å². The van der Waals surface area contributed by atoms with Gasteiger partial charge in [-0.2, -0.15) is 5.10 Å². The predicted octanol–water partition coefficient (Wildman–Crippen LogP) is 11.6.